The van der Waals surface area contributed by atoms with E-state index in [-0.39, 0.29) is 30.6 Å². The van der Waals surface area contributed by atoms with Gasteiger partial charge in [0.15, 0.2) is 0 Å². The molecule has 0 atom stereocenters. The molecular formula is C9H19N3O5S2. The average Bonchev–Trinajstić information content (AvgIpc) is 2.35. The van der Waals surface area contributed by atoms with Crippen LogP contribution in [0.15, 0.2) is 5.16 Å². The third-order valence-corrected chi connectivity index (χ3v) is 6.17. The Hall–Kier alpha value is -0.870. The maximum atomic E-state index is 11.9. The molecule has 1 fully saturated rings. The van der Waals surface area contributed by atoms with Crippen molar-refractivity contribution in [3.63, 3.8) is 0 Å². The van der Waals surface area contributed by atoms with Gasteiger partial charge in [0.25, 0.3) is 0 Å². The van der Waals surface area contributed by atoms with Crippen molar-refractivity contribution in [1.29, 1.82) is 0 Å². The second kappa shape index (κ2) is 6.06. The zero-order valence-electron chi connectivity index (χ0n) is 10.7. The van der Waals surface area contributed by atoms with Crippen LogP contribution in [0.4, 0.5) is 0 Å². The highest BCUT2D eigenvalue weighted by molar-refractivity contribution is 7.93. The molecule has 0 aliphatic carbocycles. The predicted octanol–water partition coefficient (Wildman–Crippen LogP) is -1.18. The number of piperidine rings is 1. The van der Waals surface area contributed by atoms with Gasteiger partial charge in [0, 0.05) is 25.3 Å². The van der Waals surface area contributed by atoms with E-state index >= 15 is 0 Å². The van der Waals surface area contributed by atoms with E-state index in [4.69, 9.17) is 10.9 Å². The zero-order chi connectivity index (χ0) is 14.7. The molecule has 1 saturated heterocycles. The molecule has 19 heavy (non-hydrogen) atoms. The van der Waals surface area contributed by atoms with Gasteiger partial charge >= 0.3 is 0 Å². The molecular weight excluding hydrogens is 294 g/mol. The van der Waals surface area contributed by atoms with Crippen LogP contribution in [-0.2, 0) is 19.9 Å². The van der Waals surface area contributed by atoms with E-state index in [1.165, 1.54) is 4.31 Å². The third-order valence-electron chi connectivity index (χ3n) is 3.09. The van der Waals surface area contributed by atoms with Crippen molar-refractivity contribution in [2.24, 2.45) is 16.8 Å². The van der Waals surface area contributed by atoms with Gasteiger partial charge in [-0.1, -0.05) is 5.16 Å². The minimum atomic E-state index is -3.56. The molecule has 1 rings (SSSR count). The predicted molar refractivity (Wildman–Crippen MR) is 71.2 cm³/mol. The number of sulfonamides is 1. The number of hydrogen-bond donors (Lipinski definition) is 2. The normalized spacial score (nSPS) is 20.6. The fourth-order valence-electron chi connectivity index (χ4n) is 1.90. The molecule has 0 saturated carbocycles. The molecule has 10 heteroatoms. The van der Waals surface area contributed by atoms with Gasteiger partial charge in [0.2, 0.25) is 10.0 Å². The van der Waals surface area contributed by atoms with Gasteiger partial charge in [-0.25, -0.2) is 21.1 Å². The van der Waals surface area contributed by atoms with E-state index in [0.717, 1.165) is 6.26 Å². The first-order valence-corrected chi connectivity index (χ1v) is 9.45. The lowest BCUT2D eigenvalue weighted by atomic mass is 9.97. The molecule has 0 aromatic heterocycles. The summed E-state index contributed by atoms with van der Waals surface area (Å²) in [5.74, 6) is -0.810. The molecule has 3 N–H and O–H groups in total. The molecule has 0 aromatic carbocycles. The minimum Gasteiger partial charge on any atom is -0.409 e. The Labute approximate surface area is 113 Å². The zero-order valence-corrected chi connectivity index (χ0v) is 12.3. The Kier molecular flexibility index (Phi) is 5.16. The first-order valence-electron chi connectivity index (χ1n) is 5.78. The van der Waals surface area contributed by atoms with Crippen LogP contribution in [0.25, 0.3) is 0 Å². The van der Waals surface area contributed by atoms with Gasteiger partial charge in [-0.3, -0.25) is 0 Å². The largest absolute Gasteiger partial charge is 0.409 e. The molecule has 8 nitrogen and oxygen atoms in total. The maximum absolute atomic E-state index is 11.9. The van der Waals surface area contributed by atoms with Crippen molar-refractivity contribution in [2.75, 3.05) is 30.9 Å². The van der Waals surface area contributed by atoms with Crippen LogP contribution in [0, 0.1) is 5.92 Å². The van der Waals surface area contributed by atoms with E-state index in [1.807, 2.05) is 0 Å². The summed E-state index contributed by atoms with van der Waals surface area (Å²) in [4.78, 5) is 0. The van der Waals surface area contributed by atoms with Gasteiger partial charge < -0.3 is 10.9 Å². The molecule has 0 bridgehead atoms. The second-order valence-electron chi connectivity index (χ2n) is 4.64. The maximum Gasteiger partial charge on any atom is 0.215 e. The van der Waals surface area contributed by atoms with Crippen LogP contribution in [0.2, 0.25) is 0 Å². The van der Waals surface area contributed by atoms with E-state index in [9.17, 15) is 16.8 Å². The van der Waals surface area contributed by atoms with E-state index in [0.29, 0.717) is 12.8 Å². The van der Waals surface area contributed by atoms with Crippen LogP contribution in [0.3, 0.4) is 0 Å². The molecule has 0 spiro atoms. The Morgan fingerprint density at radius 1 is 1.26 bits per heavy atom. The van der Waals surface area contributed by atoms with Crippen molar-refractivity contribution in [3.05, 3.63) is 0 Å². The van der Waals surface area contributed by atoms with Crippen molar-refractivity contribution in [1.82, 2.24) is 4.31 Å². The number of nitrogens with two attached hydrogens (primary N) is 1. The Morgan fingerprint density at radius 2 is 1.79 bits per heavy atom. The highest BCUT2D eigenvalue weighted by Gasteiger charge is 2.30. The van der Waals surface area contributed by atoms with Crippen molar-refractivity contribution < 1.29 is 22.0 Å². The third kappa shape index (κ3) is 4.96. The molecule has 0 aromatic rings. The van der Waals surface area contributed by atoms with Crippen molar-refractivity contribution >= 4 is 25.7 Å². The number of oxime groups is 1. The summed E-state index contributed by atoms with van der Waals surface area (Å²) >= 11 is 0. The van der Waals surface area contributed by atoms with Crippen molar-refractivity contribution in [2.45, 2.75) is 12.8 Å². The lowest BCUT2D eigenvalue weighted by Gasteiger charge is -2.30. The van der Waals surface area contributed by atoms with Crippen LogP contribution in [-0.4, -0.2) is 63.0 Å². The highest BCUT2D eigenvalue weighted by Crippen LogP contribution is 2.20. The number of nitrogens with zero attached hydrogens (tertiary/aromatic N) is 2. The fourth-order valence-corrected chi connectivity index (χ4v) is 4.98. The van der Waals surface area contributed by atoms with Crippen LogP contribution >= 0.6 is 0 Å². The first-order chi connectivity index (χ1) is 8.65. The molecule has 112 valence electrons. The van der Waals surface area contributed by atoms with E-state index in [2.05, 4.69) is 5.16 Å². The van der Waals surface area contributed by atoms with Gasteiger partial charge in [-0.2, -0.15) is 0 Å². The van der Waals surface area contributed by atoms with Gasteiger partial charge in [-0.15, -0.1) is 0 Å². The summed E-state index contributed by atoms with van der Waals surface area (Å²) in [5, 5.41) is 11.5. The highest BCUT2D eigenvalue weighted by atomic mass is 32.2. The fraction of sp³-hybridized carbons (Fsp3) is 0.889. The molecule has 0 amide bonds. The lowest BCUT2D eigenvalue weighted by molar-refractivity contribution is 0.291. The number of hydrogen-bond acceptors (Lipinski definition) is 6. The summed E-state index contributed by atoms with van der Waals surface area (Å²) in [7, 11) is -6.86. The SMILES string of the molecule is CS(=O)(=O)CCS(=O)(=O)N1CCC(C(N)=NO)CC1. The topological polar surface area (TPSA) is 130 Å². The molecule has 0 unspecified atom stereocenters. The van der Waals surface area contributed by atoms with Crippen LogP contribution in [0.1, 0.15) is 12.8 Å². The molecule has 0 radical (unpaired) electrons. The Balaban J connectivity index is 2.59. The minimum absolute atomic E-state index is 0.105. The van der Waals surface area contributed by atoms with Crippen LogP contribution in [0.5, 0.6) is 0 Å². The lowest BCUT2D eigenvalue weighted by Crippen LogP contribution is -2.43. The summed E-state index contributed by atoms with van der Waals surface area (Å²) in [6, 6.07) is 0. The quantitative estimate of drug-likeness (QED) is 0.284. The summed E-state index contributed by atoms with van der Waals surface area (Å²) < 4.78 is 47.1. The Bertz CT molecular complexity index is 532. The number of rotatable bonds is 5. The van der Waals surface area contributed by atoms with E-state index in [1.54, 1.807) is 0 Å². The van der Waals surface area contributed by atoms with Crippen LogP contribution < -0.4 is 5.73 Å². The smallest absolute Gasteiger partial charge is 0.215 e. The summed E-state index contributed by atoms with van der Waals surface area (Å²) in [6.07, 6.45) is 1.94. The first kappa shape index (κ1) is 16.2. The summed E-state index contributed by atoms with van der Waals surface area (Å²) in [5.41, 5.74) is 5.47. The molecule has 1 aliphatic rings. The Morgan fingerprint density at radius 3 is 2.21 bits per heavy atom. The number of sulfone groups is 1. The summed E-state index contributed by atoms with van der Waals surface area (Å²) in [6.45, 7) is 0.514. The van der Waals surface area contributed by atoms with Gasteiger partial charge in [0.05, 0.1) is 11.5 Å². The van der Waals surface area contributed by atoms with Gasteiger partial charge in [0.1, 0.15) is 15.7 Å². The van der Waals surface area contributed by atoms with Gasteiger partial charge in [-0.05, 0) is 12.8 Å². The standard InChI is InChI=1S/C9H19N3O5S2/c1-18(14,15)6-7-19(16,17)12-4-2-8(3-5-12)9(10)11-13/h8,13H,2-7H2,1H3,(H2,10,11). The molecule has 1 aliphatic heterocycles. The second-order valence-corrected chi connectivity index (χ2v) is 8.99. The van der Waals surface area contributed by atoms with E-state index < -0.39 is 25.6 Å². The monoisotopic (exact) mass is 313 g/mol. The average molecular weight is 313 g/mol. The molecule has 1 heterocycles. The number of amidine groups is 1. The van der Waals surface area contributed by atoms with Crippen molar-refractivity contribution in [3.8, 4) is 0 Å².